The van der Waals surface area contributed by atoms with Crippen molar-refractivity contribution in [3.8, 4) is 9.75 Å². The summed E-state index contributed by atoms with van der Waals surface area (Å²) in [6.07, 6.45) is 5.68. The van der Waals surface area contributed by atoms with Crippen LogP contribution in [0.1, 0.15) is 64.1 Å². The molecule has 0 aliphatic carbocycles. The lowest BCUT2D eigenvalue weighted by molar-refractivity contribution is 0.0702. The van der Waals surface area contributed by atoms with Gasteiger partial charge in [-0.25, -0.2) is 0 Å². The van der Waals surface area contributed by atoms with Gasteiger partial charge in [-0.05, 0) is 78.6 Å². The van der Waals surface area contributed by atoms with Crippen molar-refractivity contribution in [3.05, 3.63) is 34.0 Å². The molecule has 0 unspecified atom stereocenters. The molecule has 2 rings (SSSR count). The topological polar surface area (TPSA) is 80.1 Å². The van der Waals surface area contributed by atoms with Crippen LogP contribution in [0.3, 0.4) is 0 Å². The smallest absolute Gasteiger partial charge is 0.374 e. The minimum Gasteiger partial charge on any atom is -0.374 e. The molecule has 0 N–H and O–H groups in total. The van der Waals surface area contributed by atoms with Crippen molar-refractivity contribution in [2.24, 2.45) is 9.98 Å². The quantitative estimate of drug-likeness (QED) is 0.0736. The molecule has 0 spiro atoms. The summed E-state index contributed by atoms with van der Waals surface area (Å²) in [5.74, 6) is 0. The first-order valence-electron chi connectivity index (χ1n) is 14.5. The van der Waals surface area contributed by atoms with Gasteiger partial charge in [0.2, 0.25) is 0 Å². The van der Waals surface area contributed by atoms with E-state index in [2.05, 4.69) is 34.3 Å². The van der Waals surface area contributed by atoms with Crippen LogP contribution in [-0.4, -0.2) is 82.8 Å². The van der Waals surface area contributed by atoms with Gasteiger partial charge in [-0.1, -0.05) is 0 Å². The van der Waals surface area contributed by atoms with Gasteiger partial charge in [0, 0.05) is 96.8 Å². The Kier molecular flexibility index (Phi) is 17.5. The van der Waals surface area contributed by atoms with E-state index in [1.54, 1.807) is 22.7 Å². The molecule has 8 nitrogen and oxygen atoms in total. The fraction of sp³-hybridized carbons (Fsp3) is 0.643. The van der Waals surface area contributed by atoms with E-state index in [1.165, 1.54) is 9.75 Å². The first-order valence-corrected chi connectivity index (χ1v) is 20.0. The highest BCUT2D eigenvalue weighted by atomic mass is 32.1. The van der Waals surface area contributed by atoms with Gasteiger partial charge in [-0.2, -0.15) is 0 Å². The highest BCUT2D eigenvalue weighted by Gasteiger charge is 2.40. The Morgan fingerprint density at radius 3 is 1.18 bits per heavy atom. The molecule has 0 aliphatic heterocycles. The zero-order chi connectivity index (χ0) is 29.1. The predicted octanol–water partition coefficient (Wildman–Crippen LogP) is 7.19. The minimum absolute atomic E-state index is 0.600. The van der Waals surface area contributed by atoms with Crippen molar-refractivity contribution in [2.45, 2.75) is 66.5 Å². The molecule has 0 aromatic carbocycles. The summed E-state index contributed by atoms with van der Waals surface area (Å²) < 4.78 is 35.6. The Labute approximate surface area is 251 Å². The molecule has 0 bridgehead atoms. The third-order valence-corrected chi connectivity index (χ3v) is 14.2. The molecule has 40 heavy (non-hydrogen) atoms. The molecule has 0 saturated carbocycles. The second-order valence-corrected chi connectivity index (χ2v) is 16.3. The second kappa shape index (κ2) is 19.9. The predicted molar refractivity (Wildman–Crippen MR) is 173 cm³/mol. The number of thiophene rings is 2. The fourth-order valence-electron chi connectivity index (χ4n) is 4.19. The van der Waals surface area contributed by atoms with Crippen LogP contribution in [0.2, 0.25) is 12.1 Å². The van der Waals surface area contributed by atoms with Crippen LogP contribution in [0, 0.1) is 0 Å². The van der Waals surface area contributed by atoms with E-state index < -0.39 is 17.6 Å². The van der Waals surface area contributed by atoms with Gasteiger partial charge < -0.3 is 26.6 Å². The van der Waals surface area contributed by atoms with Crippen LogP contribution in [0.4, 0.5) is 0 Å². The second-order valence-electron chi connectivity index (χ2n) is 8.65. The summed E-state index contributed by atoms with van der Waals surface area (Å²) in [7, 11) is -5.18. The Balaban J connectivity index is 1.84. The number of nitrogens with zero attached hydrogens (tertiary/aromatic N) is 2. The Morgan fingerprint density at radius 1 is 0.550 bits per heavy atom. The van der Waals surface area contributed by atoms with E-state index in [0.717, 1.165) is 47.8 Å². The largest absolute Gasteiger partial charge is 0.500 e. The van der Waals surface area contributed by atoms with Gasteiger partial charge in [-0.3, -0.25) is 9.98 Å². The molecule has 0 radical (unpaired) electrons. The highest BCUT2D eigenvalue weighted by Crippen LogP contribution is 2.32. The van der Waals surface area contributed by atoms with Gasteiger partial charge in [0.1, 0.15) is 0 Å². The lowest BCUT2D eigenvalue weighted by atomic mass is 10.3. The van der Waals surface area contributed by atoms with Crippen LogP contribution < -0.4 is 0 Å². The van der Waals surface area contributed by atoms with Gasteiger partial charge in [0.15, 0.2) is 0 Å². The van der Waals surface area contributed by atoms with Crippen LogP contribution in [-0.2, 0) is 26.6 Å². The minimum atomic E-state index is -2.59. The SMILES string of the molecule is CCO[Si](CCC/N=C/c1ccc(-c2ccc(/C=N/CCC[Si](OCC)(OCC)OCC)s2)s1)(OCC)OCC. The van der Waals surface area contributed by atoms with Gasteiger partial charge in [0.05, 0.1) is 0 Å². The normalized spacial score (nSPS) is 12.8. The number of rotatable bonds is 23. The van der Waals surface area contributed by atoms with Gasteiger partial charge in [-0.15, -0.1) is 22.7 Å². The maximum atomic E-state index is 5.93. The zero-order valence-electron chi connectivity index (χ0n) is 25.1. The molecule has 2 heterocycles. The van der Waals surface area contributed by atoms with E-state index in [9.17, 15) is 0 Å². The van der Waals surface area contributed by atoms with Crippen molar-refractivity contribution in [1.82, 2.24) is 0 Å². The Hall–Kier alpha value is -1.07. The van der Waals surface area contributed by atoms with E-state index in [0.29, 0.717) is 39.6 Å². The monoisotopic (exact) mass is 628 g/mol. The molecule has 226 valence electrons. The van der Waals surface area contributed by atoms with Crippen LogP contribution in [0.15, 0.2) is 34.3 Å². The molecular formula is C28H48N2O6S2Si2. The average Bonchev–Trinajstić information content (AvgIpc) is 3.59. The standard InChI is InChI=1S/C28H48N2O6S2Si2/c1-7-31-39(32-8-2,33-9-3)21-13-19-29-23-25-15-17-27(37-25)28-18-16-26(38-28)24-30-20-14-22-40(34-10-4,35-11-5)36-12-6/h15-18,23-24H,7-14,19-22H2,1-6H3/b29-23+,30-24+. The molecule has 12 heteroatoms. The summed E-state index contributed by atoms with van der Waals surface area (Å²) >= 11 is 3.50. The molecular weight excluding hydrogens is 581 g/mol. The first kappa shape index (κ1) is 35.1. The maximum absolute atomic E-state index is 5.93. The molecule has 0 amide bonds. The van der Waals surface area contributed by atoms with E-state index in [1.807, 2.05) is 54.0 Å². The summed E-state index contributed by atoms with van der Waals surface area (Å²) in [6, 6.07) is 10.1. The lowest BCUT2D eigenvalue weighted by Crippen LogP contribution is -2.46. The van der Waals surface area contributed by atoms with Gasteiger partial charge >= 0.3 is 17.6 Å². The van der Waals surface area contributed by atoms with Gasteiger partial charge in [0.25, 0.3) is 0 Å². The van der Waals surface area contributed by atoms with Crippen LogP contribution in [0.25, 0.3) is 9.75 Å². The lowest BCUT2D eigenvalue weighted by Gasteiger charge is -2.28. The van der Waals surface area contributed by atoms with E-state index in [4.69, 9.17) is 26.6 Å². The molecule has 2 aromatic rings. The average molecular weight is 629 g/mol. The molecule has 0 saturated heterocycles. The van der Waals surface area contributed by atoms with Crippen LogP contribution >= 0.6 is 22.7 Å². The van der Waals surface area contributed by atoms with Crippen molar-refractivity contribution < 1.29 is 26.6 Å². The first-order chi connectivity index (χ1) is 19.5. The fourth-order valence-corrected chi connectivity index (χ4v) is 11.3. The number of hydrogen-bond acceptors (Lipinski definition) is 10. The van der Waals surface area contributed by atoms with Crippen molar-refractivity contribution in [2.75, 3.05) is 52.7 Å². The molecule has 0 atom stereocenters. The van der Waals surface area contributed by atoms with Crippen molar-refractivity contribution in [1.29, 1.82) is 0 Å². The zero-order valence-corrected chi connectivity index (χ0v) is 28.7. The van der Waals surface area contributed by atoms with Crippen LogP contribution in [0.5, 0.6) is 0 Å². The van der Waals surface area contributed by atoms with Crippen molar-refractivity contribution in [3.63, 3.8) is 0 Å². The summed E-state index contributed by atoms with van der Waals surface area (Å²) in [4.78, 5) is 14.1. The molecule has 2 aromatic heterocycles. The summed E-state index contributed by atoms with van der Waals surface area (Å²) in [5.41, 5.74) is 0. The summed E-state index contributed by atoms with van der Waals surface area (Å²) in [6.45, 7) is 17.0. The third-order valence-electron chi connectivity index (χ3n) is 5.66. The maximum Gasteiger partial charge on any atom is 0.500 e. The highest BCUT2D eigenvalue weighted by molar-refractivity contribution is 7.23. The van der Waals surface area contributed by atoms with Crippen molar-refractivity contribution >= 4 is 52.7 Å². The molecule has 0 aliphatic rings. The third kappa shape index (κ3) is 12.0. The summed E-state index contributed by atoms with van der Waals surface area (Å²) in [5, 5.41) is 0. The Bertz CT molecular complexity index is 889. The van der Waals surface area contributed by atoms with E-state index in [-0.39, 0.29) is 0 Å². The number of hydrogen-bond donors (Lipinski definition) is 0. The number of aliphatic imine (C=N–C) groups is 2. The Morgan fingerprint density at radius 2 is 0.875 bits per heavy atom. The molecule has 0 fully saturated rings. The van der Waals surface area contributed by atoms with E-state index >= 15 is 0 Å².